The number of hydrogen-bond acceptors (Lipinski definition) is 5. The van der Waals surface area contributed by atoms with Gasteiger partial charge in [-0.2, -0.15) is 0 Å². The minimum atomic E-state index is -0.0152. The monoisotopic (exact) mass is 437 g/mol. The number of hydrogen-bond donors (Lipinski definition) is 1. The van der Waals surface area contributed by atoms with Gasteiger partial charge in [0.1, 0.15) is 5.75 Å². The predicted molar refractivity (Wildman–Crippen MR) is 116 cm³/mol. The number of nitrogens with zero attached hydrogens (tertiary/aromatic N) is 2. The highest BCUT2D eigenvalue weighted by molar-refractivity contribution is 5.85. The van der Waals surface area contributed by atoms with Crippen molar-refractivity contribution in [2.45, 2.75) is 38.3 Å². The molecule has 3 aliphatic rings. The zero-order valence-electron chi connectivity index (χ0n) is 17.6. The molecule has 0 radical (unpaired) electrons. The van der Waals surface area contributed by atoms with E-state index in [9.17, 15) is 9.59 Å². The normalized spacial score (nSPS) is 23.4. The first kappa shape index (κ1) is 22.8. The summed E-state index contributed by atoms with van der Waals surface area (Å²) >= 11 is 0. The van der Waals surface area contributed by atoms with Crippen LogP contribution in [0.25, 0.3) is 0 Å². The van der Waals surface area contributed by atoms with Gasteiger partial charge >= 0.3 is 0 Å². The van der Waals surface area contributed by atoms with Crippen molar-refractivity contribution in [2.75, 3.05) is 46.4 Å². The van der Waals surface area contributed by atoms with Crippen LogP contribution in [0.5, 0.6) is 5.75 Å². The predicted octanol–water partition coefficient (Wildman–Crippen LogP) is 1.84. The summed E-state index contributed by atoms with van der Waals surface area (Å²) < 4.78 is 11.0. The van der Waals surface area contributed by atoms with Gasteiger partial charge in [0.15, 0.2) is 0 Å². The molecule has 0 aliphatic carbocycles. The average Bonchev–Trinajstić information content (AvgIpc) is 3.03. The van der Waals surface area contributed by atoms with Crippen LogP contribution in [0.2, 0.25) is 0 Å². The average molecular weight is 438 g/mol. The number of carbonyl (C=O) groups excluding carboxylic acids is 2. The van der Waals surface area contributed by atoms with E-state index in [1.165, 1.54) is 0 Å². The molecule has 3 heterocycles. The third kappa shape index (κ3) is 5.25. The fourth-order valence-electron chi connectivity index (χ4n) is 4.76. The molecule has 1 aromatic carbocycles. The maximum absolute atomic E-state index is 12.7. The van der Waals surface area contributed by atoms with Crippen LogP contribution in [0, 0.1) is 5.41 Å². The van der Waals surface area contributed by atoms with Gasteiger partial charge in [0, 0.05) is 51.1 Å². The highest BCUT2D eigenvalue weighted by Gasteiger charge is 2.45. The first-order valence-corrected chi connectivity index (χ1v) is 10.6. The number of nitrogens with one attached hydrogen (secondary N) is 1. The number of benzene rings is 1. The van der Waals surface area contributed by atoms with E-state index in [1.807, 2.05) is 34.1 Å². The standard InChI is InChI=1S/C22H31N3O4.ClH/c1-28-18-4-2-3-17(11-18)15-25-16-22(13-21(25)27)5-8-24(9-6-22)20(26)12-19-14-23-7-10-29-19;/h2-4,11,19,23H,5-10,12-16H2,1H3;1H. The summed E-state index contributed by atoms with van der Waals surface area (Å²) in [5.41, 5.74) is 1.10. The van der Waals surface area contributed by atoms with Crippen LogP contribution in [-0.2, 0) is 20.9 Å². The highest BCUT2D eigenvalue weighted by atomic mass is 35.5. The Morgan fingerprint density at radius 3 is 2.83 bits per heavy atom. The van der Waals surface area contributed by atoms with Crippen molar-refractivity contribution < 1.29 is 19.1 Å². The fourth-order valence-corrected chi connectivity index (χ4v) is 4.76. The first-order valence-electron chi connectivity index (χ1n) is 10.6. The molecule has 3 saturated heterocycles. The quantitative estimate of drug-likeness (QED) is 0.761. The Bertz CT molecular complexity index is 746. The zero-order chi connectivity index (χ0) is 20.3. The van der Waals surface area contributed by atoms with Gasteiger partial charge in [-0.05, 0) is 30.5 Å². The molecule has 1 aromatic rings. The maximum Gasteiger partial charge on any atom is 0.225 e. The molecule has 1 spiro atoms. The van der Waals surface area contributed by atoms with E-state index in [2.05, 4.69) is 5.32 Å². The van der Waals surface area contributed by atoms with Gasteiger partial charge in [0.2, 0.25) is 11.8 Å². The molecule has 8 heteroatoms. The summed E-state index contributed by atoms with van der Waals surface area (Å²) in [7, 11) is 1.65. The Morgan fingerprint density at radius 2 is 2.13 bits per heavy atom. The van der Waals surface area contributed by atoms with Crippen molar-refractivity contribution >= 4 is 24.2 Å². The summed E-state index contributed by atoms with van der Waals surface area (Å²) in [6.07, 6.45) is 2.81. The molecule has 30 heavy (non-hydrogen) atoms. The van der Waals surface area contributed by atoms with Gasteiger partial charge in [-0.3, -0.25) is 9.59 Å². The van der Waals surface area contributed by atoms with Gasteiger partial charge in [0.25, 0.3) is 0 Å². The molecule has 1 unspecified atom stereocenters. The maximum atomic E-state index is 12.7. The molecular formula is C22H32ClN3O4. The number of likely N-dealkylation sites (tertiary alicyclic amines) is 2. The van der Waals surface area contributed by atoms with Crippen molar-refractivity contribution in [1.82, 2.24) is 15.1 Å². The second-order valence-electron chi connectivity index (χ2n) is 8.56. The van der Waals surface area contributed by atoms with Crippen molar-refractivity contribution in [1.29, 1.82) is 0 Å². The lowest BCUT2D eigenvalue weighted by Crippen LogP contribution is -2.47. The number of piperidine rings is 1. The van der Waals surface area contributed by atoms with Crippen molar-refractivity contribution in [2.24, 2.45) is 5.41 Å². The topological polar surface area (TPSA) is 71.1 Å². The molecule has 3 aliphatic heterocycles. The zero-order valence-corrected chi connectivity index (χ0v) is 18.4. The van der Waals surface area contributed by atoms with Crippen LogP contribution in [0.4, 0.5) is 0 Å². The Labute approximate surface area is 184 Å². The van der Waals surface area contributed by atoms with E-state index in [4.69, 9.17) is 9.47 Å². The Balaban J connectivity index is 0.00000256. The van der Waals surface area contributed by atoms with E-state index in [-0.39, 0.29) is 35.7 Å². The second-order valence-corrected chi connectivity index (χ2v) is 8.56. The third-order valence-corrected chi connectivity index (χ3v) is 6.50. The van der Waals surface area contributed by atoms with Crippen molar-refractivity contribution in [3.05, 3.63) is 29.8 Å². The summed E-state index contributed by atoms with van der Waals surface area (Å²) in [4.78, 5) is 29.2. The molecule has 4 rings (SSSR count). The summed E-state index contributed by atoms with van der Waals surface area (Å²) in [6.45, 7) is 5.15. The smallest absolute Gasteiger partial charge is 0.225 e. The van der Waals surface area contributed by atoms with E-state index < -0.39 is 0 Å². The molecule has 0 aromatic heterocycles. The van der Waals surface area contributed by atoms with Crippen LogP contribution >= 0.6 is 12.4 Å². The van der Waals surface area contributed by atoms with Crippen molar-refractivity contribution in [3.63, 3.8) is 0 Å². The van der Waals surface area contributed by atoms with Gasteiger partial charge in [-0.25, -0.2) is 0 Å². The van der Waals surface area contributed by atoms with E-state index in [0.717, 1.165) is 56.9 Å². The van der Waals surface area contributed by atoms with Crippen LogP contribution in [0.3, 0.4) is 0 Å². The first-order chi connectivity index (χ1) is 14.1. The number of halogens is 1. The Hall–Kier alpha value is -1.83. The fraction of sp³-hybridized carbons (Fsp3) is 0.636. The van der Waals surface area contributed by atoms with Crippen LogP contribution in [-0.4, -0.2) is 74.2 Å². The lowest BCUT2D eigenvalue weighted by atomic mass is 9.77. The van der Waals surface area contributed by atoms with E-state index in [1.54, 1.807) is 7.11 Å². The Morgan fingerprint density at radius 1 is 1.33 bits per heavy atom. The van der Waals surface area contributed by atoms with E-state index in [0.29, 0.717) is 26.0 Å². The minimum absolute atomic E-state index is 0. The highest BCUT2D eigenvalue weighted by Crippen LogP contribution is 2.41. The number of morpholine rings is 1. The third-order valence-electron chi connectivity index (χ3n) is 6.50. The summed E-state index contributed by atoms with van der Waals surface area (Å²) in [5, 5.41) is 3.27. The van der Waals surface area contributed by atoms with Crippen molar-refractivity contribution in [3.8, 4) is 5.75 Å². The Kier molecular flexibility index (Phi) is 7.60. The molecule has 7 nitrogen and oxygen atoms in total. The van der Waals surface area contributed by atoms with Gasteiger partial charge < -0.3 is 24.6 Å². The molecular weight excluding hydrogens is 406 g/mol. The lowest BCUT2D eigenvalue weighted by Gasteiger charge is -2.39. The lowest BCUT2D eigenvalue weighted by molar-refractivity contribution is -0.137. The van der Waals surface area contributed by atoms with Crippen LogP contribution < -0.4 is 10.1 Å². The van der Waals surface area contributed by atoms with Gasteiger partial charge in [-0.15, -0.1) is 12.4 Å². The second kappa shape index (κ2) is 9.98. The van der Waals surface area contributed by atoms with E-state index >= 15 is 0 Å². The number of methoxy groups -OCH3 is 1. The number of rotatable bonds is 5. The molecule has 0 saturated carbocycles. The SMILES string of the molecule is COc1cccc(CN2CC3(CCN(C(=O)CC4CNCCO4)CC3)CC2=O)c1.Cl. The van der Waals surface area contributed by atoms with Gasteiger partial charge in [-0.1, -0.05) is 12.1 Å². The number of amides is 2. The number of ether oxygens (including phenoxy) is 2. The summed E-state index contributed by atoms with van der Waals surface area (Å²) in [5.74, 6) is 1.20. The molecule has 166 valence electrons. The molecule has 1 N–H and O–H groups in total. The summed E-state index contributed by atoms with van der Waals surface area (Å²) in [6, 6.07) is 7.89. The van der Waals surface area contributed by atoms with Crippen LogP contribution in [0.15, 0.2) is 24.3 Å². The van der Waals surface area contributed by atoms with Crippen LogP contribution in [0.1, 0.15) is 31.2 Å². The molecule has 0 bridgehead atoms. The molecule has 2 amide bonds. The van der Waals surface area contributed by atoms with Gasteiger partial charge in [0.05, 0.1) is 26.2 Å². The number of carbonyl (C=O) groups is 2. The molecule has 1 atom stereocenters. The largest absolute Gasteiger partial charge is 0.497 e. The minimum Gasteiger partial charge on any atom is -0.497 e. The molecule has 3 fully saturated rings.